The van der Waals surface area contributed by atoms with Crippen LogP contribution in [0.25, 0.3) is 17.3 Å². The third kappa shape index (κ3) is 6.19. The number of thiazole rings is 1. The number of nitrogens with zero attached hydrogens (tertiary/aromatic N) is 1. The van der Waals surface area contributed by atoms with E-state index in [9.17, 15) is 18.4 Å². The van der Waals surface area contributed by atoms with E-state index in [-0.39, 0.29) is 21.8 Å². The predicted molar refractivity (Wildman–Crippen MR) is 132 cm³/mol. The molecule has 0 aliphatic heterocycles. The Balaban J connectivity index is 1.82. The van der Waals surface area contributed by atoms with Gasteiger partial charge in [0, 0.05) is 39.8 Å². The van der Waals surface area contributed by atoms with Gasteiger partial charge in [-0.1, -0.05) is 26.0 Å². The number of halogens is 3. The van der Waals surface area contributed by atoms with Crippen LogP contribution in [-0.4, -0.2) is 28.6 Å². The lowest BCUT2D eigenvalue weighted by Gasteiger charge is -2.18. The molecule has 2 N–H and O–H groups in total. The predicted octanol–water partition coefficient (Wildman–Crippen LogP) is 6.85. The van der Waals surface area contributed by atoms with Crippen LogP contribution in [0.15, 0.2) is 41.3 Å². The molecule has 1 aromatic heterocycles. The van der Waals surface area contributed by atoms with Crippen molar-refractivity contribution in [2.75, 3.05) is 11.9 Å². The maximum absolute atomic E-state index is 15.3. The summed E-state index contributed by atoms with van der Waals surface area (Å²) in [4.78, 5) is 27.8. The van der Waals surface area contributed by atoms with Crippen molar-refractivity contribution >= 4 is 34.4 Å². The van der Waals surface area contributed by atoms with Gasteiger partial charge in [0.25, 0.3) is 5.91 Å². The average Bonchev–Trinajstić information content (AvgIpc) is 3.30. The van der Waals surface area contributed by atoms with E-state index in [4.69, 9.17) is 9.84 Å². The van der Waals surface area contributed by atoms with Gasteiger partial charge in [0.1, 0.15) is 17.5 Å². The van der Waals surface area contributed by atoms with E-state index >= 15 is 4.39 Å². The average molecular weight is 519 g/mol. The number of benzene rings is 2. The minimum Gasteiger partial charge on any atom is -0.478 e. The lowest BCUT2D eigenvalue weighted by atomic mass is 10.0. The number of anilines is 1. The first-order valence-electron chi connectivity index (χ1n) is 11.2. The van der Waals surface area contributed by atoms with E-state index in [1.807, 2.05) is 13.8 Å². The van der Waals surface area contributed by atoms with Gasteiger partial charge in [-0.25, -0.2) is 22.9 Å². The third-order valence-corrected chi connectivity index (χ3v) is 6.07. The number of carboxylic acids is 1. The molecule has 2 aromatic carbocycles. The van der Waals surface area contributed by atoms with Crippen LogP contribution >= 0.6 is 11.3 Å². The first kappa shape index (κ1) is 27.1. The summed E-state index contributed by atoms with van der Waals surface area (Å²) in [6, 6.07) is 6.55. The molecule has 0 fully saturated rings. The maximum Gasteiger partial charge on any atom is 0.331 e. The molecule has 3 aromatic rings. The first-order valence-corrected chi connectivity index (χ1v) is 12.1. The molecule has 1 amide bonds. The highest BCUT2D eigenvalue weighted by Gasteiger charge is 2.20. The molecule has 0 saturated heterocycles. The molecular weight excluding hydrogens is 493 g/mol. The van der Waals surface area contributed by atoms with Gasteiger partial charge in [0.05, 0.1) is 11.8 Å². The minimum absolute atomic E-state index is 0.112. The summed E-state index contributed by atoms with van der Waals surface area (Å²) < 4.78 is 49.8. The summed E-state index contributed by atoms with van der Waals surface area (Å²) in [6.45, 7) is 5.58. The van der Waals surface area contributed by atoms with Crippen molar-refractivity contribution in [1.82, 2.24) is 4.98 Å². The molecule has 0 radical (unpaired) electrons. The van der Waals surface area contributed by atoms with Crippen molar-refractivity contribution in [2.45, 2.75) is 39.7 Å². The highest BCUT2D eigenvalue weighted by atomic mass is 32.1. The molecule has 10 heteroatoms. The molecule has 0 bridgehead atoms. The SMILES string of the molecule is CCCOC(CC)c1cccc(-c2csc(NC(=O)c3cc(F)c(/C=C(\C)C(=O)O)c(F)c3)n2)c1F. The number of carboxylic acid groups (broad SMARTS) is 1. The first-order chi connectivity index (χ1) is 17.2. The number of hydrogen-bond donors (Lipinski definition) is 2. The molecule has 190 valence electrons. The van der Waals surface area contributed by atoms with Crippen molar-refractivity contribution < 1.29 is 32.6 Å². The molecule has 3 rings (SSSR count). The van der Waals surface area contributed by atoms with Crippen molar-refractivity contribution in [1.29, 1.82) is 0 Å². The summed E-state index contributed by atoms with van der Waals surface area (Å²) >= 11 is 1.03. The number of nitrogens with one attached hydrogen (secondary N) is 1. The number of rotatable bonds is 10. The molecule has 36 heavy (non-hydrogen) atoms. The van der Waals surface area contributed by atoms with Crippen LogP contribution in [0.2, 0.25) is 0 Å². The van der Waals surface area contributed by atoms with Gasteiger partial charge >= 0.3 is 5.97 Å². The van der Waals surface area contributed by atoms with Crippen LogP contribution in [-0.2, 0) is 9.53 Å². The van der Waals surface area contributed by atoms with Crippen molar-refractivity contribution in [3.63, 3.8) is 0 Å². The van der Waals surface area contributed by atoms with Crippen molar-refractivity contribution in [2.24, 2.45) is 0 Å². The van der Waals surface area contributed by atoms with Gasteiger partial charge in [0.2, 0.25) is 0 Å². The Morgan fingerprint density at radius 3 is 2.50 bits per heavy atom. The number of aliphatic carboxylic acids is 1. The Morgan fingerprint density at radius 2 is 1.89 bits per heavy atom. The van der Waals surface area contributed by atoms with Crippen LogP contribution in [0.3, 0.4) is 0 Å². The van der Waals surface area contributed by atoms with E-state index in [0.29, 0.717) is 24.3 Å². The monoisotopic (exact) mass is 518 g/mol. The number of carbonyl (C=O) groups excluding carboxylic acids is 1. The quantitative estimate of drug-likeness (QED) is 0.287. The molecule has 1 unspecified atom stereocenters. The Morgan fingerprint density at radius 1 is 1.19 bits per heavy atom. The lowest BCUT2D eigenvalue weighted by Crippen LogP contribution is -2.13. The number of ether oxygens (including phenoxy) is 1. The topological polar surface area (TPSA) is 88.5 Å². The molecule has 1 heterocycles. The van der Waals surface area contributed by atoms with E-state index in [1.54, 1.807) is 23.6 Å². The number of hydrogen-bond acceptors (Lipinski definition) is 5. The lowest BCUT2D eigenvalue weighted by molar-refractivity contribution is -0.132. The Bertz CT molecular complexity index is 1280. The van der Waals surface area contributed by atoms with Crippen LogP contribution in [0, 0.1) is 17.5 Å². The van der Waals surface area contributed by atoms with Gasteiger partial charge in [-0.15, -0.1) is 11.3 Å². The van der Waals surface area contributed by atoms with Crippen LogP contribution < -0.4 is 5.32 Å². The second-order valence-electron chi connectivity index (χ2n) is 7.95. The largest absolute Gasteiger partial charge is 0.478 e. The molecular formula is C26H25F3N2O4S. The number of amides is 1. The van der Waals surface area contributed by atoms with E-state index < -0.39 is 41.0 Å². The van der Waals surface area contributed by atoms with Crippen LogP contribution in [0.1, 0.15) is 61.2 Å². The maximum atomic E-state index is 15.3. The third-order valence-electron chi connectivity index (χ3n) is 5.31. The molecule has 0 saturated carbocycles. The fraction of sp³-hybridized carbons (Fsp3) is 0.269. The normalized spacial score (nSPS) is 12.4. The van der Waals surface area contributed by atoms with Gasteiger partial charge in [0.15, 0.2) is 5.13 Å². The van der Waals surface area contributed by atoms with Gasteiger partial charge in [-0.2, -0.15) is 0 Å². The second-order valence-corrected chi connectivity index (χ2v) is 8.81. The summed E-state index contributed by atoms with van der Waals surface area (Å²) in [6.07, 6.45) is 1.85. The van der Waals surface area contributed by atoms with Crippen LogP contribution in [0.5, 0.6) is 0 Å². The Hall–Kier alpha value is -3.50. The van der Waals surface area contributed by atoms with E-state index in [1.165, 1.54) is 6.92 Å². The fourth-order valence-corrected chi connectivity index (χ4v) is 4.15. The zero-order chi connectivity index (χ0) is 26.4. The number of aromatic nitrogens is 1. The molecule has 0 aliphatic rings. The summed E-state index contributed by atoms with van der Waals surface area (Å²) in [7, 11) is 0. The zero-order valence-corrected chi connectivity index (χ0v) is 20.7. The highest BCUT2D eigenvalue weighted by molar-refractivity contribution is 7.14. The zero-order valence-electron chi connectivity index (χ0n) is 19.9. The minimum atomic E-state index is -1.32. The molecule has 1 atom stereocenters. The van der Waals surface area contributed by atoms with E-state index in [2.05, 4.69) is 10.3 Å². The van der Waals surface area contributed by atoms with Gasteiger partial charge in [-0.05, 0) is 44.0 Å². The standard InChI is InChI=1S/C26H25F3N2O4S/c1-4-9-35-22(5-2)17-8-6-7-16(23(17)29)21-13-36-26(30-21)31-24(32)15-11-19(27)18(20(28)12-15)10-14(3)25(33)34/h6-8,10-13,22H,4-5,9H2,1-3H3,(H,33,34)(H,30,31,32)/b14-10+. The van der Waals surface area contributed by atoms with Crippen molar-refractivity contribution in [3.8, 4) is 11.3 Å². The summed E-state index contributed by atoms with van der Waals surface area (Å²) in [5, 5.41) is 13.0. The molecule has 0 spiro atoms. The van der Waals surface area contributed by atoms with E-state index in [0.717, 1.165) is 36.0 Å². The summed E-state index contributed by atoms with van der Waals surface area (Å²) in [5.74, 6) is -4.79. The van der Waals surface area contributed by atoms with Crippen molar-refractivity contribution in [3.05, 3.63) is 75.4 Å². The van der Waals surface area contributed by atoms with Crippen LogP contribution in [0.4, 0.5) is 18.3 Å². The Kier molecular flexibility index (Phi) is 9.00. The number of carbonyl (C=O) groups is 2. The van der Waals surface area contributed by atoms with Gasteiger partial charge < -0.3 is 9.84 Å². The second kappa shape index (κ2) is 12.0. The highest BCUT2D eigenvalue weighted by Crippen LogP contribution is 2.33. The fourth-order valence-electron chi connectivity index (χ4n) is 3.44. The molecule has 0 aliphatic carbocycles. The summed E-state index contributed by atoms with van der Waals surface area (Å²) in [5.41, 5.74) is -0.198. The van der Waals surface area contributed by atoms with Gasteiger partial charge in [-0.3, -0.25) is 10.1 Å². The Labute approximate surface area is 210 Å². The smallest absolute Gasteiger partial charge is 0.331 e. The molecule has 6 nitrogen and oxygen atoms in total.